The fraction of sp³-hybridized carbons (Fsp3) is 0.480. The van der Waals surface area contributed by atoms with Crippen LogP contribution in [0.5, 0.6) is 0 Å². The summed E-state index contributed by atoms with van der Waals surface area (Å²) in [5.41, 5.74) is 2.58. The molecule has 0 saturated heterocycles. The zero-order chi connectivity index (χ0) is 29.6. The van der Waals surface area contributed by atoms with Crippen molar-refractivity contribution < 1.29 is 41.4 Å². The minimum absolute atomic E-state index is 0.0293. The smallest absolute Gasteiger partial charge is 0.478 e. The summed E-state index contributed by atoms with van der Waals surface area (Å²) in [6, 6.07) is 4.79. The molecule has 0 aliphatic carbocycles. The van der Waals surface area contributed by atoms with Crippen LogP contribution >= 0.6 is 0 Å². The second-order valence-corrected chi connectivity index (χ2v) is 11.4. The van der Waals surface area contributed by atoms with Crippen molar-refractivity contribution in [3.8, 4) is 0 Å². The number of nitrogens with zero attached hydrogens (tertiary/aromatic N) is 2. The van der Waals surface area contributed by atoms with Gasteiger partial charge in [0.1, 0.15) is 11.4 Å². The maximum atomic E-state index is 13.0. The van der Waals surface area contributed by atoms with E-state index in [1.165, 1.54) is 12.3 Å². The van der Waals surface area contributed by atoms with Crippen LogP contribution in [0.1, 0.15) is 54.7 Å². The number of hydrogen-bond donors (Lipinski definition) is 3. The van der Waals surface area contributed by atoms with E-state index >= 15 is 0 Å². The van der Waals surface area contributed by atoms with Gasteiger partial charge in [0.2, 0.25) is 0 Å². The molecule has 0 bridgehead atoms. The molecule has 2 rings (SSSR count). The molecule has 0 aliphatic rings. The molecule has 13 heteroatoms. The molecule has 1 aromatic heterocycles. The fourth-order valence-electron chi connectivity index (χ4n) is 3.49. The topological polar surface area (TPSA) is 137 Å². The first kappa shape index (κ1) is 32.7. The van der Waals surface area contributed by atoms with Crippen molar-refractivity contribution in [1.29, 1.82) is 0 Å². The minimum atomic E-state index is -5.08. The van der Waals surface area contributed by atoms with E-state index in [1.807, 2.05) is 24.8 Å². The van der Waals surface area contributed by atoms with E-state index in [0.717, 1.165) is 11.1 Å². The van der Waals surface area contributed by atoms with Gasteiger partial charge in [0.15, 0.2) is 0 Å². The maximum absolute atomic E-state index is 13.0. The van der Waals surface area contributed by atoms with Gasteiger partial charge in [0, 0.05) is 13.1 Å². The number of carboxylic acids is 2. The summed E-state index contributed by atoms with van der Waals surface area (Å²) in [5.74, 6) is -2.93. The highest BCUT2D eigenvalue weighted by Crippen LogP contribution is 2.27. The lowest BCUT2D eigenvalue weighted by molar-refractivity contribution is -0.192. The Kier molecular flexibility index (Phi) is 11.1. The van der Waals surface area contributed by atoms with Crippen LogP contribution in [0.2, 0.25) is 0 Å². The highest BCUT2D eigenvalue weighted by Gasteiger charge is 2.38. The molecule has 3 N–H and O–H groups in total. The number of benzene rings is 1. The van der Waals surface area contributed by atoms with Crippen LogP contribution in [0.3, 0.4) is 0 Å². The highest BCUT2D eigenvalue weighted by atomic mass is 32.2. The van der Waals surface area contributed by atoms with Crippen molar-refractivity contribution in [2.24, 2.45) is 11.8 Å². The number of carboxylic acid groups (broad SMARTS) is 2. The summed E-state index contributed by atoms with van der Waals surface area (Å²) in [5, 5.41) is 16.9. The number of aliphatic carboxylic acids is 1. The lowest BCUT2D eigenvalue weighted by Crippen LogP contribution is -2.33. The van der Waals surface area contributed by atoms with Crippen molar-refractivity contribution in [3.63, 3.8) is 0 Å². The lowest BCUT2D eigenvalue weighted by Gasteiger charge is -2.28. The third-order valence-corrected chi connectivity index (χ3v) is 6.67. The van der Waals surface area contributed by atoms with E-state index in [1.54, 1.807) is 13.0 Å². The summed E-state index contributed by atoms with van der Waals surface area (Å²) < 4.78 is 60.2. The summed E-state index contributed by atoms with van der Waals surface area (Å²) in [6.45, 7) is 15.0. The maximum Gasteiger partial charge on any atom is 0.490 e. The SMILES string of the molecule is Cc1cc(C)c(S(=O)(=O)Nc2cnc(N(CC(C)C)CC(C)C)c(C(=O)O)c2)cc1C.O=C(O)C(F)(F)F. The lowest BCUT2D eigenvalue weighted by atomic mass is 10.1. The van der Waals surface area contributed by atoms with Crippen molar-refractivity contribution in [3.05, 3.63) is 46.6 Å². The average molecular weight is 562 g/mol. The molecule has 2 aromatic rings. The molecule has 0 radical (unpaired) electrons. The van der Waals surface area contributed by atoms with Crippen molar-refractivity contribution in [1.82, 2.24) is 4.98 Å². The van der Waals surface area contributed by atoms with E-state index in [4.69, 9.17) is 9.90 Å². The molecule has 0 aliphatic heterocycles. The largest absolute Gasteiger partial charge is 0.490 e. The first-order valence-corrected chi connectivity index (χ1v) is 13.1. The number of nitrogens with one attached hydrogen (secondary N) is 1. The number of aromatic nitrogens is 1. The van der Waals surface area contributed by atoms with E-state index in [0.29, 0.717) is 36.3 Å². The molecule has 0 fully saturated rings. The van der Waals surface area contributed by atoms with Gasteiger partial charge in [-0.25, -0.2) is 23.0 Å². The van der Waals surface area contributed by atoms with Gasteiger partial charge in [0.05, 0.1) is 16.8 Å². The number of halogens is 3. The Balaban J connectivity index is 0.000000905. The Labute approximate surface area is 220 Å². The molecule has 0 amide bonds. The highest BCUT2D eigenvalue weighted by molar-refractivity contribution is 7.92. The van der Waals surface area contributed by atoms with Gasteiger partial charge < -0.3 is 15.1 Å². The third-order valence-electron chi connectivity index (χ3n) is 5.14. The number of hydrogen-bond acceptors (Lipinski definition) is 6. The average Bonchev–Trinajstić information content (AvgIpc) is 2.74. The fourth-order valence-corrected chi connectivity index (χ4v) is 4.83. The van der Waals surface area contributed by atoms with Gasteiger partial charge >= 0.3 is 18.1 Å². The van der Waals surface area contributed by atoms with Crippen LogP contribution in [-0.2, 0) is 14.8 Å². The molecule has 1 heterocycles. The van der Waals surface area contributed by atoms with Crippen molar-refractivity contribution in [2.45, 2.75) is 59.5 Å². The molecule has 212 valence electrons. The second-order valence-electron chi connectivity index (χ2n) is 9.70. The summed E-state index contributed by atoms with van der Waals surface area (Å²) in [4.78, 5) is 27.3. The Hall–Kier alpha value is -3.35. The van der Waals surface area contributed by atoms with Gasteiger partial charge in [-0.3, -0.25) is 4.72 Å². The van der Waals surface area contributed by atoms with Crippen LogP contribution < -0.4 is 9.62 Å². The first-order chi connectivity index (χ1) is 17.3. The monoisotopic (exact) mass is 561 g/mol. The molecule has 0 saturated carbocycles. The van der Waals surface area contributed by atoms with Crippen molar-refractivity contribution >= 4 is 33.5 Å². The number of sulfonamides is 1. The Morgan fingerprint density at radius 3 is 1.84 bits per heavy atom. The molecule has 38 heavy (non-hydrogen) atoms. The van der Waals surface area contributed by atoms with Crippen LogP contribution in [-0.4, -0.2) is 54.8 Å². The molecular weight excluding hydrogens is 527 g/mol. The van der Waals surface area contributed by atoms with Crippen LogP contribution in [0.4, 0.5) is 24.7 Å². The van der Waals surface area contributed by atoms with Crippen LogP contribution in [0.25, 0.3) is 0 Å². The van der Waals surface area contributed by atoms with E-state index in [9.17, 15) is 31.5 Å². The molecule has 0 spiro atoms. The standard InChI is InChI=1S/C23H33N3O4S.C2HF3O2/c1-14(2)12-26(13-15(3)4)22-20(23(27)28)10-19(11-24-22)25-31(29,30)21-9-17(6)16(5)8-18(21)7;3-2(4,5)1(6)7/h8-11,14-15,25H,12-13H2,1-7H3,(H,27,28);(H,6,7). The first-order valence-electron chi connectivity index (χ1n) is 11.6. The van der Waals surface area contributed by atoms with Gasteiger partial charge in [-0.2, -0.15) is 13.2 Å². The molecule has 0 atom stereocenters. The van der Waals surface area contributed by atoms with Crippen LogP contribution in [0, 0.1) is 32.6 Å². The molecule has 1 aromatic carbocycles. The van der Waals surface area contributed by atoms with E-state index in [-0.39, 0.29) is 16.1 Å². The zero-order valence-corrected chi connectivity index (χ0v) is 23.2. The Bertz CT molecular complexity index is 1250. The van der Waals surface area contributed by atoms with E-state index in [2.05, 4.69) is 37.4 Å². The number of rotatable bonds is 9. The van der Waals surface area contributed by atoms with Crippen molar-refractivity contribution in [2.75, 3.05) is 22.7 Å². The zero-order valence-electron chi connectivity index (χ0n) is 22.3. The summed E-state index contributed by atoms with van der Waals surface area (Å²) >= 11 is 0. The second kappa shape index (κ2) is 12.9. The van der Waals surface area contributed by atoms with Gasteiger partial charge in [0.25, 0.3) is 10.0 Å². The molecular formula is C25H34F3N3O6S. The molecule has 0 unspecified atom stereocenters. The number of aromatic carboxylic acids is 1. The predicted octanol–water partition coefficient (Wildman–Crippen LogP) is 5.26. The van der Waals surface area contributed by atoms with Crippen LogP contribution in [0.15, 0.2) is 29.3 Å². The number of anilines is 2. The quantitative estimate of drug-likeness (QED) is 0.377. The normalized spacial score (nSPS) is 11.7. The number of carbonyl (C=O) groups is 2. The number of aryl methyl sites for hydroxylation is 3. The Morgan fingerprint density at radius 1 is 0.947 bits per heavy atom. The van der Waals surface area contributed by atoms with Gasteiger partial charge in [-0.1, -0.05) is 33.8 Å². The van der Waals surface area contributed by atoms with Gasteiger partial charge in [-0.05, 0) is 61.4 Å². The molecule has 9 nitrogen and oxygen atoms in total. The number of pyridine rings is 1. The minimum Gasteiger partial charge on any atom is -0.478 e. The Morgan fingerprint density at radius 2 is 1.42 bits per heavy atom. The third kappa shape index (κ3) is 9.51. The number of alkyl halides is 3. The van der Waals surface area contributed by atoms with E-state index < -0.39 is 28.1 Å². The summed E-state index contributed by atoms with van der Waals surface area (Å²) in [7, 11) is -3.89. The predicted molar refractivity (Wildman–Crippen MR) is 138 cm³/mol. The summed E-state index contributed by atoms with van der Waals surface area (Å²) in [6.07, 6.45) is -3.71. The van der Waals surface area contributed by atoms with Gasteiger partial charge in [-0.15, -0.1) is 0 Å².